The number of amides is 2. The molecule has 5 nitrogen and oxygen atoms in total. The number of hydrogen-bond donors (Lipinski definition) is 1. The van der Waals surface area contributed by atoms with Crippen LogP contribution in [0.4, 0.5) is 18.9 Å². The van der Waals surface area contributed by atoms with Crippen LogP contribution in [0.3, 0.4) is 0 Å². The summed E-state index contributed by atoms with van der Waals surface area (Å²) in [6.07, 6.45) is -4.43. The van der Waals surface area contributed by atoms with Gasteiger partial charge in [-0.15, -0.1) is 0 Å². The number of ether oxygens (including phenoxy) is 1. The van der Waals surface area contributed by atoms with Crippen molar-refractivity contribution in [3.05, 3.63) is 58.6 Å². The van der Waals surface area contributed by atoms with Crippen LogP contribution in [0, 0.1) is 0 Å². The molecule has 0 heterocycles. The second kappa shape index (κ2) is 8.90. The molecule has 0 saturated heterocycles. The van der Waals surface area contributed by atoms with E-state index >= 15 is 0 Å². The van der Waals surface area contributed by atoms with Crippen molar-refractivity contribution in [1.29, 1.82) is 0 Å². The third kappa shape index (κ3) is 6.28. The minimum atomic E-state index is -4.43. The largest absolute Gasteiger partial charge is 0.484 e. The van der Waals surface area contributed by atoms with E-state index in [1.54, 1.807) is 24.3 Å². The molecule has 0 spiro atoms. The molecule has 27 heavy (non-hydrogen) atoms. The number of carbonyl (C=O) groups is 2. The van der Waals surface area contributed by atoms with Gasteiger partial charge in [0, 0.05) is 11.5 Å². The van der Waals surface area contributed by atoms with Gasteiger partial charge in [-0.3, -0.25) is 9.59 Å². The third-order valence-electron chi connectivity index (χ3n) is 3.50. The van der Waals surface area contributed by atoms with Crippen LogP contribution in [0.25, 0.3) is 0 Å². The Balaban J connectivity index is 1.83. The van der Waals surface area contributed by atoms with E-state index in [-0.39, 0.29) is 12.3 Å². The van der Waals surface area contributed by atoms with Crippen LogP contribution < -0.4 is 10.1 Å². The van der Waals surface area contributed by atoms with Crippen molar-refractivity contribution < 1.29 is 27.5 Å². The third-order valence-corrected chi connectivity index (χ3v) is 4.19. The fraction of sp³-hybridized carbons (Fsp3) is 0.222. The van der Waals surface area contributed by atoms with E-state index < -0.39 is 30.2 Å². The smallest absolute Gasteiger partial charge is 0.416 e. The topological polar surface area (TPSA) is 58.6 Å². The van der Waals surface area contributed by atoms with Crippen molar-refractivity contribution in [2.45, 2.75) is 6.18 Å². The number of para-hydroxylation sites is 1. The number of likely N-dealkylation sites (N-methyl/N-ethyl adjacent to an activating group) is 1. The minimum Gasteiger partial charge on any atom is -0.484 e. The maximum Gasteiger partial charge on any atom is 0.416 e. The zero-order valence-corrected chi connectivity index (χ0v) is 15.8. The molecule has 2 aromatic carbocycles. The summed E-state index contributed by atoms with van der Waals surface area (Å²) < 4.78 is 43.4. The minimum absolute atomic E-state index is 0.127. The van der Waals surface area contributed by atoms with E-state index in [2.05, 4.69) is 21.2 Å². The van der Waals surface area contributed by atoms with Gasteiger partial charge in [0.2, 0.25) is 5.91 Å². The van der Waals surface area contributed by atoms with Gasteiger partial charge in [0.15, 0.2) is 6.61 Å². The summed E-state index contributed by atoms with van der Waals surface area (Å²) >= 11 is 3.30. The predicted octanol–water partition coefficient (Wildman–Crippen LogP) is 3.94. The molecule has 2 aromatic rings. The molecule has 0 radical (unpaired) electrons. The van der Waals surface area contributed by atoms with Crippen LogP contribution in [-0.4, -0.2) is 36.9 Å². The van der Waals surface area contributed by atoms with Gasteiger partial charge in [-0.1, -0.05) is 12.1 Å². The van der Waals surface area contributed by atoms with E-state index in [1.807, 2.05) is 0 Å². The molecule has 2 amide bonds. The molecular weight excluding hydrogens is 429 g/mol. The zero-order chi connectivity index (χ0) is 20.0. The van der Waals surface area contributed by atoms with Crippen molar-refractivity contribution in [2.75, 3.05) is 25.5 Å². The molecular formula is C18H16BrF3N2O3. The number of anilines is 1. The lowest BCUT2D eigenvalue weighted by atomic mass is 10.2. The Hall–Kier alpha value is -2.55. The normalized spacial score (nSPS) is 11.0. The van der Waals surface area contributed by atoms with Gasteiger partial charge in [-0.05, 0) is 52.3 Å². The number of benzene rings is 2. The summed E-state index contributed by atoms with van der Waals surface area (Å²) in [5.41, 5.74) is -0.230. The monoisotopic (exact) mass is 444 g/mol. The molecule has 9 heteroatoms. The summed E-state index contributed by atoms with van der Waals surface area (Å²) in [4.78, 5) is 25.2. The maximum absolute atomic E-state index is 12.5. The highest BCUT2D eigenvalue weighted by atomic mass is 79.9. The van der Waals surface area contributed by atoms with Gasteiger partial charge in [-0.2, -0.15) is 13.2 Å². The average Bonchev–Trinajstić information content (AvgIpc) is 2.61. The fourth-order valence-electron chi connectivity index (χ4n) is 2.05. The Labute approximate surface area is 162 Å². The standard InChI is InChI=1S/C18H16BrF3N2O3/c1-24(10-16(25)23-15-5-3-2-4-14(15)19)17(26)11-27-13-8-6-12(7-9-13)18(20,21)22/h2-9H,10-11H2,1H3,(H,23,25). The van der Waals surface area contributed by atoms with Gasteiger partial charge in [-0.25, -0.2) is 0 Å². The molecule has 0 atom stereocenters. The lowest BCUT2D eigenvalue weighted by Gasteiger charge is -2.17. The SMILES string of the molecule is CN(CC(=O)Nc1ccccc1Br)C(=O)COc1ccc(C(F)(F)F)cc1. The van der Waals surface area contributed by atoms with Gasteiger partial charge >= 0.3 is 6.18 Å². The number of carbonyl (C=O) groups excluding carboxylic acids is 2. The lowest BCUT2D eigenvalue weighted by Crippen LogP contribution is -2.37. The van der Waals surface area contributed by atoms with Gasteiger partial charge in [0.05, 0.1) is 17.8 Å². The van der Waals surface area contributed by atoms with E-state index in [0.717, 1.165) is 29.2 Å². The van der Waals surface area contributed by atoms with Crippen molar-refractivity contribution in [2.24, 2.45) is 0 Å². The molecule has 0 aliphatic carbocycles. The Kier molecular flexibility index (Phi) is 6.84. The van der Waals surface area contributed by atoms with Crippen molar-refractivity contribution >= 4 is 33.4 Å². The molecule has 0 aromatic heterocycles. The van der Waals surface area contributed by atoms with Crippen molar-refractivity contribution in [1.82, 2.24) is 4.90 Å². The number of rotatable bonds is 6. The van der Waals surface area contributed by atoms with Gasteiger partial charge < -0.3 is 15.0 Å². The van der Waals surface area contributed by atoms with Crippen LogP contribution in [0.15, 0.2) is 53.0 Å². The number of alkyl halides is 3. The van der Waals surface area contributed by atoms with E-state index in [4.69, 9.17) is 4.74 Å². The van der Waals surface area contributed by atoms with Crippen LogP contribution in [0.5, 0.6) is 5.75 Å². The maximum atomic E-state index is 12.5. The summed E-state index contributed by atoms with van der Waals surface area (Å²) in [6, 6.07) is 11.0. The highest BCUT2D eigenvalue weighted by Crippen LogP contribution is 2.30. The Morgan fingerprint density at radius 3 is 2.33 bits per heavy atom. The summed E-state index contributed by atoms with van der Waals surface area (Å²) in [6.45, 7) is -0.597. The van der Waals surface area contributed by atoms with Crippen LogP contribution in [0.2, 0.25) is 0 Å². The summed E-state index contributed by atoms with van der Waals surface area (Å²) in [5.74, 6) is -0.758. The van der Waals surface area contributed by atoms with E-state index in [0.29, 0.717) is 10.2 Å². The first kappa shape index (κ1) is 20.8. The van der Waals surface area contributed by atoms with E-state index in [9.17, 15) is 22.8 Å². The van der Waals surface area contributed by atoms with Crippen LogP contribution in [-0.2, 0) is 15.8 Å². The average molecular weight is 445 g/mol. The Morgan fingerprint density at radius 2 is 1.74 bits per heavy atom. The molecule has 0 saturated carbocycles. The van der Waals surface area contributed by atoms with E-state index in [1.165, 1.54) is 7.05 Å². The number of nitrogens with zero attached hydrogens (tertiary/aromatic N) is 1. The second-order valence-electron chi connectivity index (χ2n) is 5.59. The quantitative estimate of drug-likeness (QED) is 0.733. The van der Waals surface area contributed by atoms with Gasteiger partial charge in [0.25, 0.3) is 5.91 Å². The number of nitrogens with one attached hydrogen (secondary N) is 1. The lowest BCUT2D eigenvalue weighted by molar-refractivity contribution is -0.137. The van der Waals surface area contributed by atoms with Crippen molar-refractivity contribution in [3.8, 4) is 5.75 Å². The first-order chi connectivity index (χ1) is 12.7. The highest BCUT2D eigenvalue weighted by Gasteiger charge is 2.30. The molecule has 0 fully saturated rings. The predicted molar refractivity (Wildman–Crippen MR) is 97.3 cm³/mol. The molecule has 0 aliphatic rings. The molecule has 2 rings (SSSR count). The van der Waals surface area contributed by atoms with Gasteiger partial charge in [0.1, 0.15) is 5.75 Å². The number of hydrogen-bond acceptors (Lipinski definition) is 3. The Morgan fingerprint density at radius 1 is 1.11 bits per heavy atom. The van der Waals surface area contributed by atoms with Crippen LogP contribution >= 0.6 is 15.9 Å². The molecule has 0 bridgehead atoms. The fourth-order valence-corrected chi connectivity index (χ4v) is 2.44. The Bertz CT molecular complexity index is 810. The first-order valence-corrected chi connectivity index (χ1v) is 8.54. The first-order valence-electron chi connectivity index (χ1n) is 7.75. The molecule has 0 aliphatic heterocycles. The zero-order valence-electron chi connectivity index (χ0n) is 14.2. The van der Waals surface area contributed by atoms with Crippen molar-refractivity contribution in [3.63, 3.8) is 0 Å². The highest BCUT2D eigenvalue weighted by molar-refractivity contribution is 9.10. The summed E-state index contributed by atoms with van der Waals surface area (Å²) in [7, 11) is 1.43. The molecule has 1 N–H and O–H groups in total. The molecule has 0 unspecified atom stereocenters. The van der Waals surface area contributed by atoms with Crippen LogP contribution in [0.1, 0.15) is 5.56 Å². The second-order valence-corrected chi connectivity index (χ2v) is 6.44. The number of halogens is 4. The molecule has 144 valence electrons. The summed E-state index contributed by atoms with van der Waals surface area (Å²) in [5, 5.41) is 2.66.